The molecule has 2 aliphatic carbocycles. The van der Waals surface area contributed by atoms with Crippen molar-refractivity contribution in [1.29, 1.82) is 0 Å². The van der Waals surface area contributed by atoms with Gasteiger partial charge in [0.25, 0.3) is 0 Å². The number of aliphatic carboxylic acids is 1. The third kappa shape index (κ3) is 2.09. The minimum absolute atomic E-state index is 0.0146. The lowest BCUT2D eigenvalue weighted by atomic mass is 9.87. The quantitative estimate of drug-likeness (QED) is 0.726. The highest BCUT2D eigenvalue weighted by molar-refractivity contribution is 5.92. The summed E-state index contributed by atoms with van der Waals surface area (Å²) in [6.07, 6.45) is 4.22. The van der Waals surface area contributed by atoms with E-state index in [1.165, 1.54) is 11.3 Å². The molecule has 3 aliphatic rings. The monoisotopic (exact) mass is 266 g/mol. The van der Waals surface area contributed by atoms with Gasteiger partial charge in [-0.05, 0) is 31.1 Å². The third-order valence-corrected chi connectivity index (χ3v) is 4.81. The molecule has 1 saturated heterocycles. The normalized spacial score (nSPS) is 37.3. The second kappa shape index (κ2) is 4.51. The molecule has 3 rings (SSSR count). The first-order chi connectivity index (χ1) is 9.06. The lowest BCUT2D eigenvalue weighted by molar-refractivity contribution is -0.156. The first kappa shape index (κ1) is 12.4. The number of piperazine rings is 1. The van der Waals surface area contributed by atoms with Crippen molar-refractivity contribution in [1.82, 2.24) is 10.2 Å². The molecule has 6 nitrogen and oxygen atoms in total. The van der Waals surface area contributed by atoms with Crippen LogP contribution in [0.25, 0.3) is 0 Å². The summed E-state index contributed by atoms with van der Waals surface area (Å²) in [5.41, 5.74) is 0. The fraction of sp³-hybridized carbons (Fsp3) is 0.769. The Morgan fingerprint density at radius 3 is 2.63 bits per heavy atom. The zero-order valence-corrected chi connectivity index (χ0v) is 10.7. The van der Waals surface area contributed by atoms with E-state index in [2.05, 4.69) is 5.32 Å². The Bertz CT molecular complexity index is 436. The van der Waals surface area contributed by atoms with Crippen LogP contribution in [0.15, 0.2) is 0 Å². The Balaban J connectivity index is 1.76. The summed E-state index contributed by atoms with van der Waals surface area (Å²) >= 11 is 0. The van der Waals surface area contributed by atoms with Crippen molar-refractivity contribution in [3.05, 3.63) is 0 Å². The molecule has 1 aliphatic heterocycles. The van der Waals surface area contributed by atoms with Crippen molar-refractivity contribution < 1.29 is 19.5 Å². The number of fused-ring (bicyclic) bond motifs is 2. The second-order valence-corrected chi connectivity index (χ2v) is 5.91. The van der Waals surface area contributed by atoms with Crippen LogP contribution in [0.2, 0.25) is 0 Å². The highest BCUT2D eigenvalue weighted by atomic mass is 16.4. The van der Waals surface area contributed by atoms with Crippen LogP contribution in [-0.2, 0) is 14.4 Å². The molecule has 0 aromatic carbocycles. The first-order valence-corrected chi connectivity index (χ1v) is 6.86. The Kier molecular flexibility index (Phi) is 2.95. The standard InChI is InChI=1S/C13H18N2O4/c16-11-6-15(10(5-14-11)13(18)19)12(17)9-4-7-1-2-8(9)3-7/h7-10H,1-6H2,(H,14,16)(H,18,19). The Labute approximate surface area is 111 Å². The van der Waals surface area contributed by atoms with Gasteiger partial charge in [-0.3, -0.25) is 9.59 Å². The summed E-state index contributed by atoms with van der Waals surface area (Å²) in [6.45, 7) is -0.107. The van der Waals surface area contributed by atoms with Crippen LogP contribution >= 0.6 is 0 Å². The van der Waals surface area contributed by atoms with Gasteiger partial charge >= 0.3 is 5.97 Å². The molecule has 0 aromatic rings. The lowest BCUT2D eigenvalue weighted by Gasteiger charge is -2.36. The van der Waals surface area contributed by atoms with Gasteiger partial charge in [-0.15, -0.1) is 0 Å². The maximum absolute atomic E-state index is 12.5. The van der Waals surface area contributed by atoms with Gasteiger partial charge in [0.2, 0.25) is 11.8 Å². The van der Waals surface area contributed by atoms with Crippen molar-refractivity contribution in [2.45, 2.75) is 31.7 Å². The first-order valence-electron chi connectivity index (χ1n) is 6.86. The zero-order chi connectivity index (χ0) is 13.6. The summed E-state index contributed by atoms with van der Waals surface area (Å²) < 4.78 is 0. The zero-order valence-electron chi connectivity index (χ0n) is 10.7. The van der Waals surface area contributed by atoms with Gasteiger partial charge in [-0.25, -0.2) is 4.79 Å². The molecule has 3 fully saturated rings. The van der Waals surface area contributed by atoms with E-state index < -0.39 is 12.0 Å². The topological polar surface area (TPSA) is 86.7 Å². The van der Waals surface area contributed by atoms with Crippen molar-refractivity contribution in [3.63, 3.8) is 0 Å². The molecule has 2 amide bonds. The smallest absolute Gasteiger partial charge is 0.328 e. The fourth-order valence-electron chi connectivity index (χ4n) is 3.85. The summed E-state index contributed by atoms with van der Waals surface area (Å²) in [6, 6.07) is -0.913. The molecule has 19 heavy (non-hydrogen) atoms. The van der Waals surface area contributed by atoms with Crippen LogP contribution in [0.4, 0.5) is 0 Å². The van der Waals surface area contributed by atoms with E-state index in [1.807, 2.05) is 0 Å². The van der Waals surface area contributed by atoms with Gasteiger partial charge in [0.1, 0.15) is 12.6 Å². The molecule has 2 N–H and O–H groups in total. The Morgan fingerprint density at radius 2 is 2.05 bits per heavy atom. The van der Waals surface area contributed by atoms with Crippen LogP contribution in [0.5, 0.6) is 0 Å². The number of nitrogens with one attached hydrogen (secondary N) is 1. The summed E-state index contributed by atoms with van der Waals surface area (Å²) in [5.74, 6) is -0.482. The van der Waals surface area contributed by atoms with Crippen LogP contribution < -0.4 is 5.32 Å². The van der Waals surface area contributed by atoms with Crippen molar-refractivity contribution in [2.24, 2.45) is 17.8 Å². The molecule has 1 heterocycles. The molecule has 4 atom stereocenters. The molecule has 2 saturated carbocycles. The van der Waals surface area contributed by atoms with E-state index in [-0.39, 0.29) is 30.8 Å². The van der Waals surface area contributed by atoms with E-state index in [9.17, 15) is 19.5 Å². The van der Waals surface area contributed by atoms with Crippen LogP contribution in [0.3, 0.4) is 0 Å². The molecule has 4 unspecified atom stereocenters. The van der Waals surface area contributed by atoms with Crippen molar-refractivity contribution in [3.8, 4) is 0 Å². The van der Waals surface area contributed by atoms with Gasteiger partial charge in [-0.1, -0.05) is 6.42 Å². The average Bonchev–Trinajstić information content (AvgIpc) is 2.99. The predicted molar refractivity (Wildman–Crippen MR) is 65.1 cm³/mol. The Hall–Kier alpha value is -1.59. The summed E-state index contributed by atoms with van der Waals surface area (Å²) in [4.78, 5) is 36.4. The third-order valence-electron chi connectivity index (χ3n) is 4.81. The highest BCUT2D eigenvalue weighted by Gasteiger charge is 2.47. The van der Waals surface area contributed by atoms with E-state index in [0.29, 0.717) is 11.8 Å². The minimum Gasteiger partial charge on any atom is -0.480 e. The van der Waals surface area contributed by atoms with Gasteiger partial charge in [0, 0.05) is 12.5 Å². The molecular formula is C13H18N2O4. The molecular weight excluding hydrogens is 248 g/mol. The highest BCUT2D eigenvalue weighted by Crippen LogP contribution is 2.49. The maximum Gasteiger partial charge on any atom is 0.328 e. The largest absolute Gasteiger partial charge is 0.480 e. The molecule has 6 heteroatoms. The van der Waals surface area contributed by atoms with Crippen molar-refractivity contribution in [2.75, 3.05) is 13.1 Å². The summed E-state index contributed by atoms with van der Waals surface area (Å²) in [7, 11) is 0. The molecule has 0 spiro atoms. The number of hydrogen-bond acceptors (Lipinski definition) is 3. The lowest BCUT2D eigenvalue weighted by Crippen LogP contribution is -2.60. The number of hydrogen-bond donors (Lipinski definition) is 2. The minimum atomic E-state index is -1.04. The average molecular weight is 266 g/mol. The number of nitrogens with zero attached hydrogens (tertiary/aromatic N) is 1. The Morgan fingerprint density at radius 1 is 1.26 bits per heavy atom. The van der Waals surface area contributed by atoms with E-state index in [1.54, 1.807) is 0 Å². The molecule has 2 bridgehead atoms. The molecule has 104 valence electrons. The van der Waals surface area contributed by atoms with E-state index in [0.717, 1.165) is 19.3 Å². The fourth-order valence-corrected chi connectivity index (χ4v) is 3.85. The number of carbonyl (C=O) groups excluding carboxylic acids is 2. The van der Waals surface area contributed by atoms with E-state index >= 15 is 0 Å². The maximum atomic E-state index is 12.5. The number of amides is 2. The number of carbonyl (C=O) groups is 3. The van der Waals surface area contributed by atoms with Gasteiger partial charge in [0.05, 0.1) is 0 Å². The van der Waals surface area contributed by atoms with Crippen LogP contribution in [0, 0.1) is 17.8 Å². The van der Waals surface area contributed by atoms with Crippen LogP contribution in [0.1, 0.15) is 25.7 Å². The second-order valence-electron chi connectivity index (χ2n) is 5.91. The van der Waals surface area contributed by atoms with Gasteiger partial charge < -0.3 is 15.3 Å². The van der Waals surface area contributed by atoms with E-state index in [4.69, 9.17) is 0 Å². The number of rotatable bonds is 2. The van der Waals surface area contributed by atoms with Crippen LogP contribution in [-0.4, -0.2) is 46.9 Å². The molecule has 0 radical (unpaired) electrons. The number of carboxylic acids is 1. The van der Waals surface area contributed by atoms with Crippen molar-refractivity contribution >= 4 is 17.8 Å². The van der Waals surface area contributed by atoms with Gasteiger partial charge in [-0.2, -0.15) is 0 Å². The predicted octanol–water partition coefficient (Wildman–Crippen LogP) is -0.166. The molecule has 0 aromatic heterocycles. The SMILES string of the molecule is O=C1CN(C(=O)C2CC3CCC2C3)C(C(=O)O)CN1. The van der Waals surface area contributed by atoms with Gasteiger partial charge in [0.15, 0.2) is 0 Å². The number of carboxylic acid groups (broad SMARTS) is 1. The summed E-state index contributed by atoms with van der Waals surface area (Å²) in [5, 5.41) is 11.7.